The standard InChI is InChI=1S/C22H27N5O2/c1-14-6-5-7-20(23-14)19-11-17(19)13-29-21-12-16(22(28)27(4)25-21)8-9-18-10-15(2)24-26(18)3/h5-7,10,12,17,19H,8-9,11,13H2,1-4H3/t17-,19+/m1/s1. The fourth-order valence-corrected chi connectivity index (χ4v) is 3.81. The summed E-state index contributed by atoms with van der Waals surface area (Å²) in [5, 5.41) is 8.64. The first kappa shape index (κ1) is 19.4. The molecule has 0 N–H and O–H groups in total. The number of aryl methyl sites for hydroxylation is 6. The van der Waals surface area contributed by atoms with Crippen LogP contribution in [0, 0.1) is 19.8 Å². The Morgan fingerprint density at radius 1 is 1.07 bits per heavy atom. The Kier molecular flexibility index (Phi) is 5.22. The average Bonchev–Trinajstić information content (AvgIpc) is 3.39. The van der Waals surface area contributed by atoms with Crippen LogP contribution < -0.4 is 10.3 Å². The van der Waals surface area contributed by atoms with E-state index in [0.717, 1.165) is 35.6 Å². The summed E-state index contributed by atoms with van der Waals surface area (Å²) in [5.74, 6) is 1.41. The van der Waals surface area contributed by atoms with Crippen molar-refractivity contribution in [2.45, 2.75) is 39.0 Å². The van der Waals surface area contributed by atoms with Crippen molar-refractivity contribution in [1.82, 2.24) is 24.5 Å². The number of rotatable bonds is 7. The minimum atomic E-state index is -0.0792. The molecule has 0 bridgehead atoms. The lowest BCUT2D eigenvalue weighted by molar-refractivity contribution is 0.277. The Balaban J connectivity index is 1.40. The molecule has 0 aromatic carbocycles. The van der Waals surface area contributed by atoms with Crippen LogP contribution >= 0.6 is 0 Å². The first-order chi connectivity index (χ1) is 13.9. The lowest BCUT2D eigenvalue weighted by Gasteiger charge is -2.09. The van der Waals surface area contributed by atoms with Crippen molar-refractivity contribution in [1.29, 1.82) is 0 Å². The van der Waals surface area contributed by atoms with Crippen LogP contribution in [0.2, 0.25) is 0 Å². The molecule has 0 amide bonds. The molecule has 3 heterocycles. The summed E-state index contributed by atoms with van der Waals surface area (Å²) in [6, 6.07) is 9.99. The Hall–Kier alpha value is -2.96. The maximum Gasteiger partial charge on any atom is 0.269 e. The highest BCUT2D eigenvalue weighted by molar-refractivity contribution is 5.22. The molecule has 3 aromatic heterocycles. The molecule has 4 rings (SSSR count). The number of hydrogen-bond donors (Lipinski definition) is 0. The van der Waals surface area contributed by atoms with Gasteiger partial charge in [-0.05, 0) is 51.3 Å². The van der Waals surface area contributed by atoms with E-state index >= 15 is 0 Å². The first-order valence-corrected chi connectivity index (χ1v) is 10.0. The van der Waals surface area contributed by atoms with Crippen molar-refractivity contribution >= 4 is 0 Å². The molecule has 1 fully saturated rings. The molecule has 3 aromatic rings. The molecule has 1 aliphatic rings. The zero-order valence-electron chi connectivity index (χ0n) is 17.4. The molecule has 1 saturated carbocycles. The van der Waals surface area contributed by atoms with Gasteiger partial charge in [-0.2, -0.15) is 5.10 Å². The molecule has 0 unspecified atom stereocenters. The average molecular weight is 393 g/mol. The summed E-state index contributed by atoms with van der Waals surface area (Å²) in [5.41, 5.74) is 4.90. The van der Waals surface area contributed by atoms with Gasteiger partial charge in [0.2, 0.25) is 5.88 Å². The third-order valence-corrected chi connectivity index (χ3v) is 5.52. The van der Waals surface area contributed by atoms with Crippen LogP contribution in [0.3, 0.4) is 0 Å². The van der Waals surface area contributed by atoms with E-state index in [4.69, 9.17) is 4.74 Å². The molecule has 7 heteroatoms. The second-order valence-corrected chi connectivity index (χ2v) is 7.95. The van der Waals surface area contributed by atoms with Crippen molar-refractivity contribution in [2.75, 3.05) is 6.61 Å². The monoisotopic (exact) mass is 393 g/mol. The predicted molar refractivity (Wildman–Crippen MR) is 110 cm³/mol. The minimum absolute atomic E-state index is 0.0792. The number of pyridine rings is 1. The molecular formula is C22H27N5O2. The van der Waals surface area contributed by atoms with E-state index in [1.807, 2.05) is 31.6 Å². The van der Waals surface area contributed by atoms with E-state index in [-0.39, 0.29) is 5.56 Å². The lowest BCUT2D eigenvalue weighted by Crippen LogP contribution is -2.24. The minimum Gasteiger partial charge on any atom is -0.476 e. The third kappa shape index (κ3) is 4.39. The van der Waals surface area contributed by atoms with Gasteiger partial charge < -0.3 is 4.74 Å². The Morgan fingerprint density at radius 2 is 1.90 bits per heavy atom. The molecule has 0 aliphatic heterocycles. The van der Waals surface area contributed by atoms with E-state index in [2.05, 4.69) is 33.4 Å². The van der Waals surface area contributed by atoms with Gasteiger partial charge in [0.15, 0.2) is 0 Å². The van der Waals surface area contributed by atoms with E-state index in [0.29, 0.717) is 36.3 Å². The normalized spacial score (nSPS) is 18.1. The zero-order chi connectivity index (χ0) is 20.5. The maximum atomic E-state index is 12.5. The molecule has 0 saturated heterocycles. The number of hydrogen-bond acceptors (Lipinski definition) is 5. The molecule has 0 spiro atoms. The Morgan fingerprint density at radius 3 is 2.62 bits per heavy atom. The van der Waals surface area contributed by atoms with Crippen molar-refractivity contribution in [2.24, 2.45) is 20.0 Å². The number of nitrogens with zero attached hydrogens (tertiary/aromatic N) is 5. The molecular weight excluding hydrogens is 366 g/mol. The SMILES string of the molecule is Cc1cccc([C@H]2C[C@@H]2COc2cc(CCc3cc(C)nn3C)c(=O)n(C)n2)n1. The van der Waals surface area contributed by atoms with Gasteiger partial charge in [0.1, 0.15) is 0 Å². The smallest absolute Gasteiger partial charge is 0.269 e. The van der Waals surface area contributed by atoms with E-state index in [1.54, 1.807) is 13.1 Å². The third-order valence-electron chi connectivity index (χ3n) is 5.52. The highest BCUT2D eigenvalue weighted by Crippen LogP contribution is 2.46. The van der Waals surface area contributed by atoms with Crippen molar-refractivity contribution in [3.05, 3.63) is 69.0 Å². The maximum absolute atomic E-state index is 12.5. The number of aromatic nitrogens is 5. The van der Waals surface area contributed by atoms with Crippen LogP contribution in [0.25, 0.3) is 0 Å². The molecule has 0 radical (unpaired) electrons. The second-order valence-electron chi connectivity index (χ2n) is 7.95. The molecule has 2 atom stereocenters. The summed E-state index contributed by atoms with van der Waals surface area (Å²) >= 11 is 0. The highest BCUT2D eigenvalue weighted by Gasteiger charge is 2.40. The van der Waals surface area contributed by atoms with Crippen LogP contribution in [0.4, 0.5) is 0 Å². The molecule has 152 valence electrons. The quantitative estimate of drug-likeness (QED) is 0.617. The van der Waals surface area contributed by atoms with Gasteiger partial charge in [-0.25, -0.2) is 4.68 Å². The van der Waals surface area contributed by atoms with Crippen LogP contribution in [-0.4, -0.2) is 31.2 Å². The van der Waals surface area contributed by atoms with Gasteiger partial charge in [-0.15, -0.1) is 5.10 Å². The van der Waals surface area contributed by atoms with E-state index < -0.39 is 0 Å². The van der Waals surface area contributed by atoms with Gasteiger partial charge >= 0.3 is 0 Å². The summed E-state index contributed by atoms with van der Waals surface area (Å²) in [4.78, 5) is 17.1. The topological polar surface area (TPSA) is 74.8 Å². The largest absolute Gasteiger partial charge is 0.476 e. The summed E-state index contributed by atoms with van der Waals surface area (Å²) in [6.07, 6.45) is 2.46. The Bertz CT molecular complexity index is 1090. The van der Waals surface area contributed by atoms with Gasteiger partial charge in [0, 0.05) is 54.6 Å². The molecule has 29 heavy (non-hydrogen) atoms. The van der Waals surface area contributed by atoms with Crippen LogP contribution in [0.1, 0.15) is 40.7 Å². The van der Waals surface area contributed by atoms with Crippen molar-refractivity contribution in [3.63, 3.8) is 0 Å². The van der Waals surface area contributed by atoms with Crippen LogP contribution in [0.5, 0.6) is 5.88 Å². The fourth-order valence-electron chi connectivity index (χ4n) is 3.81. The molecule has 1 aliphatic carbocycles. The summed E-state index contributed by atoms with van der Waals surface area (Å²) < 4.78 is 9.18. The highest BCUT2D eigenvalue weighted by atomic mass is 16.5. The van der Waals surface area contributed by atoms with Gasteiger partial charge in [-0.3, -0.25) is 14.5 Å². The van der Waals surface area contributed by atoms with Crippen LogP contribution in [0.15, 0.2) is 35.1 Å². The second kappa shape index (κ2) is 7.81. The lowest BCUT2D eigenvalue weighted by atomic mass is 10.1. The van der Waals surface area contributed by atoms with Crippen molar-refractivity contribution in [3.8, 4) is 5.88 Å². The predicted octanol–water partition coefficient (Wildman–Crippen LogP) is 2.49. The fraction of sp³-hybridized carbons (Fsp3) is 0.455. The van der Waals surface area contributed by atoms with E-state index in [9.17, 15) is 4.79 Å². The first-order valence-electron chi connectivity index (χ1n) is 10.0. The Labute approximate surface area is 170 Å². The van der Waals surface area contributed by atoms with Gasteiger partial charge in [-0.1, -0.05) is 6.07 Å². The van der Waals surface area contributed by atoms with Crippen molar-refractivity contribution < 1.29 is 4.74 Å². The van der Waals surface area contributed by atoms with E-state index in [1.165, 1.54) is 4.68 Å². The van der Waals surface area contributed by atoms with Gasteiger partial charge in [0.05, 0.1) is 12.3 Å². The van der Waals surface area contributed by atoms with Crippen LogP contribution in [-0.2, 0) is 26.9 Å². The summed E-state index contributed by atoms with van der Waals surface area (Å²) in [6.45, 7) is 4.57. The number of ether oxygens (including phenoxy) is 1. The summed E-state index contributed by atoms with van der Waals surface area (Å²) in [7, 11) is 3.60. The zero-order valence-corrected chi connectivity index (χ0v) is 17.4. The molecule has 7 nitrogen and oxygen atoms in total. The van der Waals surface area contributed by atoms with Gasteiger partial charge in [0.25, 0.3) is 5.56 Å².